The minimum atomic E-state index is -0.550. The third-order valence-corrected chi connectivity index (χ3v) is 12.4. The van der Waals surface area contributed by atoms with Crippen LogP contribution in [0.2, 0.25) is 0 Å². The van der Waals surface area contributed by atoms with Crippen LogP contribution in [0, 0.1) is 6.92 Å². The summed E-state index contributed by atoms with van der Waals surface area (Å²) in [6, 6.07) is 16.1. The summed E-state index contributed by atoms with van der Waals surface area (Å²) in [5.41, 5.74) is 6.43. The first-order valence-electron chi connectivity index (χ1n) is 19.7. The van der Waals surface area contributed by atoms with Gasteiger partial charge in [-0.1, -0.05) is 55.8 Å². The second-order valence-electron chi connectivity index (χ2n) is 15.4. The van der Waals surface area contributed by atoms with Crippen molar-refractivity contribution in [2.75, 3.05) is 58.2 Å². The number of aryl methyl sites for hydroxylation is 3. The van der Waals surface area contributed by atoms with Crippen LogP contribution in [0.3, 0.4) is 0 Å². The highest BCUT2D eigenvalue weighted by Crippen LogP contribution is 2.36. The van der Waals surface area contributed by atoms with Gasteiger partial charge >= 0.3 is 12.1 Å². The lowest BCUT2D eigenvalue weighted by molar-refractivity contribution is -0.135. The van der Waals surface area contributed by atoms with Gasteiger partial charge in [0, 0.05) is 75.7 Å². The van der Waals surface area contributed by atoms with Crippen LogP contribution >= 0.6 is 0 Å². The summed E-state index contributed by atoms with van der Waals surface area (Å²) in [5.74, 6) is 0.00661. The molecule has 0 spiro atoms. The van der Waals surface area contributed by atoms with E-state index < -0.39 is 6.04 Å². The monoisotopic (exact) mass is 699 g/mol. The summed E-state index contributed by atoms with van der Waals surface area (Å²) in [5, 5.41) is 6.00. The Balaban J connectivity index is 0.000000349. The van der Waals surface area contributed by atoms with Crippen molar-refractivity contribution in [2.24, 2.45) is 0 Å². The van der Waals surface area contributed by atoms with E-state index in [-0.39, 0.29) is 24.0 Å². The number of nitrogens with zero attached hydrogens (tertiary/aromatic N) is 5. The summed E-state index contributed by atoms with van der Waals surface area (Å²) in [7, 11) is 2.28. The number of urea groups is 2. The molecule has 2 aromatic rings. The maximum absolute atomic E-state index is 13.2. The molecule has 0 aliphatic carbocycles. The van der Waals surface area contributed by atoms with E-state index in [1.165, 1.54) is 42.4 Å². The minimum Gasteiger partial charge on any atom is -0.338 e. The van der Waals surface area contributed by atoms with Gasteiger partial charge in [-0.2, -0.15) is 0 Å². The van der Waals surface area contributed by atoms with E-state index in [2.05, 4.69) is 72.5 Å². The van der Waals surface area contributed by atoms with E-state index in [1.807, 2.05) is 28.0 Å². The quantitative estimate of drug-likeness (QED) is 0.414. The van der Waals surface area contributed by atoms with Crippen LogP contribution in [0.1, 0.15) is 81.5 Å². The predicted molar refractivity (Wildman–Crippen MR) is 204 cm³/mol. The molecule has 0 aromatic heterocycles. The molecule has 4 fully saturated rings. The molecule has 5 aliphatic rings. The van der Waals surface area contributed by atoms with E-state index in [9.17, 15) is 14.4 Å². The van der Waals surface area contributed by atoms with E-state index >= 15 is 0 Å². The van der Waals surface area contributed by atoms with E-state index in [0.717, 1.165) is 81.6 Å². The Morgan fingerprint density at radius 3 is 2.14 bits per heavy atom. The largest absolute Gasteiger partial charge is 0.338 e. The average Bonchev–Trinajstić information content (AvgIpc) is 3.29. The van der Waals surface area contributed by atoms with Gasteiger partial charge in [0.1, 0.15) is 6.04 Å². The van der Waals surface area contributed by atoms with Crippen molar-refractivity contribution < 1.29 is 14.4 Å². The predicted octanol–water partition coefficient (Wildman–Crippen LogP) is 5.53. The highest BCUT2D eigenvalue weighted by Gasteiger charge is 2.41. The lowest BCUT2D eigenvalue weighted by atomic mass is 9.96. The zero-order chi connectivity index (χ0) is 36.1. The summed E-state index contributed by atoms with van der Waals surface area (Å²) in [6.45, 7) is 13.5. The van der Waals surface area contributed by atoms with Gasteiger partial charge in [0.25, 0.3) is 0 Å². The number of fused-ring (bicyclic) bond motifs is 3. The molecule has 2 bridgehead atoms. The number of benzene rings is 2. The van der Waals surface area contributed by atoms with Gasteiger partial charge in [-0.25, -0.2) is 9.59 Å². The lowest BCUT2D eigenvalue weighted by Crippen LogP contribution is -2.59. The Hall–Kier alpha value is -3.63. The van der Waals surface area contributed by atoms with Crippen molar-refractivity contribution >= 4 is 23.7 Å². The molecule has 0 saturated carbocycles. The zero-order valence-electron chi connectivity index (χ0n) is 31.7. The fraction of sp³-hybridized carbons (Fsp3) is 0.634. The molecule has 278 valence electrons. The Morgan fingerprint density at radius 2 is 1.47 bits per heavy atom. The highest BCUT2D eigenvalue weighted by molar-refractivity contribution is 5.91. The van der Waals surface area contributed by atoms with Gasteiger partial charge in [-0.05, 0) is 101 Å². The first kappa shape index (κ1) is 37.1. The second-order valence-corrected chi connectivity index (χ2v) is 15.4. The van der Waals surface area contributed by atoms with E-state index in [4.69, 9.17) is 0 Å². The number of piperazine rings is 1. The first-order chi connectivity index (χ1) is 24.6. The molecular formula is C41H61N7O3. The number of nitrogens with one attached hydrogen (secondary N) is 2. The maximum Gasteiger partial charge on any atom is 0.322 e. The standard InChI is InChI=1S/C30H45N7O3.C11H16/c1-21(28(38)35-17-15-34(16-18-35)26-19-24-7-8-25(20-26)33(24)2)31-29(39)36-12-10-23(11-13-36)37-14-9-22-5-3-4-6-27(22)32-30(37)40;1-4-10-7-6-9(3)8-11(10)5-2/h3-6,21,23-26H,7-20H2,1-2H3,(H,31,39)(H,32,40);6-8H,4-5H2,1-3H3/t21-,24?,25?,26?;/m1./s1. The van der Waals surface area contributed by atoms with Crippen molar-refractivity contribution in [3.05, 3.63) is 64.7 Å². The Bertz CT molecular complexity index is 1500. The molecule has 7 rings (SSSR count). The van der Waals surface area contributed by atoms with Crippen LogP contribution in [0.15, 0.2) is 42.5 Å². The van der Waals surface area contributed by atoms with Crippen LogP contribution in [-0.4, -0.2) is 126 Å². The van der Waals surface area contributed by atoms with Crippen LogP contribution < -0.4 is 10.6 Å². The Kier molecular flexibility index (Phi) is 12.2. The van der Waals surface area contributed by atoms with Crippen LogP contribution in [0.25, 0.3) is 0 Å². The number of carbonyl (C=O) groups is 3. The number of likely N-dealkylation sites (tertiary alicyclic amines) is 1. The molecule has 4 saturated heterocycles. The average molecular weight is 700 g/mol. The van der Waals surface area contributed by atoms with Gasteiger partial charge in [0.2, 0.25) is 5.91 Å². The number of hydrogen-bond donors (Lipinski definition) is 2. The molecule has 10 heteroatoms. The Morgan fingerprint density at radius 1 is 0.804 bits per heavy atom. The van der Waals surface area contributed by atoms with Gasteiger partial charge < -0.3 is 30.2 Å². The number of para-hydroxylation sites is 1. The molecule has 2 N–H and O–H groups in total. The number of carbonyl (C=O) groups excluding carboxylic acids is 3. The van der Waals surface area contributed by atoms with Crippen molar-refractivity contribution in [3.8, 4) is 0 Å². The summed E-state index contributed by atoms with van der Waals surface area (Å²) < 4.78 is 0. The van der Waals surface area contributed by atoms with Crippen molar-refractivity contribution in [1.82, 2.24) is 29.8 Å². The highest BCUT2D eigenvalue weighted by atomic mass is 16.2. The number of anilines is 1. The smallest absolute Gasteiger partial charge is 0.322 e. The molecule has 5 heterocycles. The van der Waals surface area contributed by atoms with Crippen molar-refractivity contribution in [2.45, 2.75) is 116 Å². The molecule has 0 radical (unpaired) electrons. The number of piperidine rings is 2. The second kappa shape index (κ2) is 16.8. The molecule has 3 atom stereocenters. The van der Waals surface area contributed by atoms with E-state index in [1.54, 1.807) is 11.8 Å². The number of amides is 5. The minimum absolute atomic E-state index is 0.00661. The van der Waals surface area contributed by atoms with Crippen LogP contribution in [0.5, 0.6) is 0 Å². The molecule has 5 amide bonds. The molecule has 2 aromatic carbocycles. The van der Waals surface area contributed by atoms with Gasteiger partial charge in [-0.3, -0.25) is 9.69 Å². The lowest BCUT2D eigenvalue weighted by Gasteiger charge is -2.45. The summed E-state index contributed by atoms with van der Waals surface area (Å²) >= 11 is 0. The molecule has 5 aliphatic heterocycles. The van der Waals surface area contributed by atoms with Crippen LogP contribution in [0.4, 0.5) is 15.3 Å². The molecule has 51 heavy (non-hydrogen) atoms. The number of rotatable bonds is 6. The summed E-state index contributed by atoms with van der Waals surface area (Å²) in [6.07, 6.45) is 9.76. The number of hydrogen-bond acceptors (Lipinski definition) is 5. The molecule has 2 unspecified atom stereocenters. The van der Waals surface area contributed by atoms with Gasteiger partial charge in [-0.15, -0.1) is 0 Å². The third-order valence-electron chi connectivity index (χ3n) is 12.4. The van der Waals surface area contributed by atoms with Gasteiger partial charge in [0.15, 0.2) is 0 Å². The topological polar surface area (TPSA) is 91.5 Å². The normalized spacial score (nSPS) is 24.9. The third kappa shape index (κ3) is 8.71. The van der Waals surface area contributed by atoms with E-state index in [0.29, 0.717) is 25.7 Å². The van der Waals surface area contributed by atoms with Gasteiger partial charge in [0.05, 0.1) is 0 Å². The SMILES string of the molecule is CCc1ccc(C)cc1CC.C[C@@H](NC(=O)N1CCC(N2CCc3ccccc3NC2=O)CC1)C(=O)N1CCN(C2CC3CCC(C2)N3C)CC1. The fourth-order valence-corrected chi connectivity index (χ4v) is 9.15. The fourth-order valence-electron chi connectivity index (χ4n) is 9.15. The molecule has 10 nitrogen and oxygen atoms in total. The maximum atomic E-state index is 13.2. The summed E-state index contributed by atoms with van der Waals surface area (Å²) in [4.78, 5) is 49.9. The van der Waals surface area contributed by atoms with Crippen LogP contribution in [-0.2, 0) is 24.1 Å². The van der Waals surface area contributed by atoms with Crippen molar-refractivity contribution in [1.29, 1.82) is 0 Å². The van der Waals surface area contributed by atoms with Crippen molar-refractivity contribution in [3.63, 3.8) is 0 Å². The first-order valence-corrected chi connectivity index (χ1v) is 19.7. The Labute approximate surface area is 305 Å². The zero-order valence-corrected chi connectivity index (χ0v) is 31.7. The molecular weight excluding hydrogens is 638 g/mol.